The van der Waals surface area contributed by atoms with Gasteiger partial charge in [0.2, 0.25) is 5.91 Å². The smallest absolute Gasteiger partial charge is 0.261 e. The van der Waals surface area contributed by atoms with Crippen LogP contribution in [0, 0.1) is 5.82 Å². The first-order chi connectivity index (χ1) is 15.8. The lowest BCUT2D eigenvalue weighted by atomic mass is 9.95. The largest absolute Gasteiger partial charge is 0.483 e. The Bertz CT molecular complexity index is 923. The van der Waals surface area contributed by atoms with E-state index in [2.05, 4.69) is 19.2 Å². The van der Waals surface area contributed by atoms with Crippen molar-refractivity contribution in [1.29, 1.82) is 0 Å². The maximum absolute atomic E-state index is 13.4. The monoisotopic (exact) mass is 454 g/mol. The highest BCUT2D eigenvalue weighted by Gasteiger charge is 2.28. The van der Waals surface area contributed by atoms with E-state index < -0.39 is 6.04 Å². The van der Waals surface area contributed by atoms with E-state index in [0.29, 0.717) is 5.75 Å². The highest BCUT2D eigenvalue weighted by molar-refractivity contribution is 5.88. The molecule has 0 radical (unpaired) electrons. The molecule has 2 aromatic rings. The van der Waals surface area contributed by atoms with Gasteiger partial charge in [0.25, 0.3) is 5.91 Å². The normalized spacial score (nSPS) is 15.2. The second-order valence-corrected chi connectivity index (χ2v) is 9.15. The van der Waals surface area contributed by atoms with Crippen LogP contribution in [-0.4, -0.2) is 35.4 Å². The van der Waals surface area contributed by atoms with Gasteiger partial charge in [0.1, 0.15) is 17.6 Å². The number of nitrogens with one attached hydrogen (secondary N) is 1. The highest BCUT2D eigenvalue weighted by atomic mass is 19.1. The minimum atomic E-state index is -0.673. The molecule has 2 amide bonds. The van der Waals surface area contributed by atoms with Gasteiger partial charge in [-0.3, -0.25) is 9.59 Å². The lowest BCUT2D eigenvalue weighted by molar-refractivity contribution is -0.142. The summed E-state index contributed by atoms with van der Waals surface area (Å²) in [5, 5.41) is 3.11. The Kier molecular flexibility index (Phi) is 8.87. The molecule has 1 atom stereocenters. The number of carbonyl (C=O) groups excluding carboxylic acids is 2. The van der Waals surface area contributed by atoms with E-state index >= 15 is 0 Å². The molecular weight excluding hydrogens is 419 g/mol. The van der Waals surface area contributed by atoms with Crippen molar-refractivity contribution in [1.82, 2.24) is 10.2 Å². The molecule has 1 aliphatic rings. The Morgan fingerprint density at radius 3 is 2.36 bits per heavy atom. The Morgan fingerprint density at radius 2 is 1.70 bits per heavy atom. The van der Waals surface area contributed by atoms with E-state index in [4.69, 9.17) is 4.74 Å². The number of rotatable bonds is 9. The van der Waals surface area contributed by atoms with Crippen molar-refractivity contribution >= 4 is 11.8 Å². The third-order valence-electron chi connectivity index (χ3n) is 6.28. The molecule has 178 valence electrons. The standard InChI is InChI=1S/C27H35FN2O3/c1-19(2)24-11-7-8-12-25(24)33-18-26(31)30(17-21-13-15-22(28)16-14-21)20(3)27(32)29-23-9-5-4-6-10-23/h7-8,11-16,19-20,23H,4-6,9-10,17-18H2,1-3H3,(H,29,32)/t20-/m1/s1. The summed E-state index contributed by atoms with van der Waals surface area (Å²) in [7, 11) is 0. The lowest BCUT2D eigenvalue weighted by Gasteiger charge is -2.31. The zero-order valence-corrected chi connectivity index (χ0v) is 19.9. The number of amides is 2. The van der Waals surface area contributed by atoms with E-state index in [1.807, 2.05) is 24.3 Å². The lowest BCUT2D eigenvalue weighted by Crippen LogP contribution is -2.51. The summed E-state index contributed by atoms with van der Waals surface area (Å²) in [5.41, 5.74) is 1.78. The second-order valence-electron chi connectivity index (χ2n) is 9.15. The Balaban J connectivity index is 1.73. The molecule has 0 bridgehead atoms. The van der Waals surface area contributed by atoms with Gasteiger partial charge in [-0.15, -0.1) is 0 Å². The molecule has 1 aliphatic carbocycles. The minimum absolute atomic E-state index is 0.158. The number of halogens is 1. The van der Waals surface area contributed by atoms with Crippen molar-refractivity contribution in [2.24, 2.45) is 0 Å². The predicted molar refractivity (Wildman–Crippen MR) is 127 cm³/mol. The van der Waals surface area contributed by atoms with E-state index in [0.717, 1.165) is 36.8 Å². The van der Waals surface area contributed by atoms with Crippen LogP contribution in [0.1, 0.15) is 69.9 Å². The van der Waals surface area contributed by atoms with Crippen LogP contribution in [-0.2, 0) is 16.1 Å². The summed E-state index contributed by atoms with van der Waals surface area (Å²) in [4.78, 5) is 27.8. The first-order valence-electron chi connectivity index (χ1n) is 11.9. The molecule has 1 N–H and O–H groups in total. The van der Waals surface area contributed by atoms with Crippen LogP contribution in [0.4, 0.5) is 4.39 Å². The van der Waals surface area contributed by atoms with Crippen LogP contribution in [0.2, 0.25) is 0 Å². The summed E-state index contributed by atoms with van der Waals surface area (Å²) in [6.45, 7) is 5.91. The molecule has 5 nitrogen and oxygen atoms in total. The number of carbonyl (C=O) groups is 2. The Labute approximate surface area is 196 Å². The van der Waals surface area contributed by atoms with Gasteiger partial charge in [-0.2, -0.15) is 0 Å². The SMILES string of the molecule is CC(C)c1ccccc1OCC(=O)N(Cc1ccc(F)cc1)[C@H](C)C(=O)NC1CCCCC1. The molecule has 0 spiro atoms. The van der Waals surface area contributed by atoms with Gasteiger partial charge in [-0.1, -0.05) is 63.4 Å². The van der Waals surface area contributed by atoms with Crippen molar-refractivity contribution in [2.75, 3.05) is 6.61 Å². The van der Waals surface area contributed by atoms with Gasteiger partial charge in [-0.25, -0.2) is 4.39 Å². The number of hydrogen-bond acceptors (Lipinski definition) is 3. The summed E-state index contributed by atoms with van der Waals surface area (Å²) in [6.07, 6.45) is 5.37. The summed E-state index contributed by atoms with van der Waals surface area (Å²) >= 11 is 0. The number of nitrogens with zero attached hydrogens (tertiary/aromatic N) is 1. The Morgan fingerprint density at radius 1 is 1.03 bits per heavy atom. The average molecular weight is 455 g/mol. The number of hydrogen-bond donors (Lipinski definition) is 1. The van der Waals surface area contributed by atoms with Crippen molar-refractivity contribution in [3.63, 3.8) is 0 Å². The van der Waals surface area contributed by atoms with Crippen LogP contribution in [0.15, 0.2) is 48.5 Å². The minimum Gasteiger partial charge on any atom is -0.483 e. The fourth-order valence-electron chi connectivity index (χ4n) is 4.25. The molecule has 1 saturated carbocycles. The maximum Gasteiger partial charge on any atom is 0.261 e. The van der Waals surface area contributed by atoms with Gasteiger partial charge >= 0.3 is 0 Å². The molecule has 1 fully saturated rings. The summed E-state index contributed by atoms with van der Waals surface area (Å²) in [5.74, 6) is 0.131. The van der Waals surface area contributed by atoms with Crippen LogP contribution >= 0.6 is 0 Å². The number of para-hydroxylation sites is 1. The molecule has 0 aliphatic heterocycles. The van der Waals surface area contributed by atoms with Crippen LogP contribution in [0.3, 0.4) is 0 Å². The van der Waals surface area contributed by atoms with Gasteiger partial charge in [-0.05, 0) is 55.0 Å². The molecule has 33 heavy (non-hydrogen) atoms. The van der Waals surface area contributed by atoms with Gasteiger partial charge in [0.15, 0.2) is 6.61 Å². The van der Waals surface area contributed by atoms with Crippen molar-refractivity contribution in [2.45, 2.75) is 77.4 Å². The van der Waals surface area contributed by atoms with Gasteiger partial charge in [0.05, 0.1) is 0 Å². The van der Waals surface area contributed by atoms with E-state index in [9.17, 15) is 14.0 Å². The molecule has 3 rings (SSSR count). The molecule has 0 heterocycles. The predicted octanol–water partition coefficient (Wildman–Crippen LogP) is 5.19. The summed E-state index contributed by atoms with van der Waals surface area (Å²) < 4.78 is 19.3. The van der Waals surface area contributed by atoms with E-state index in [1.165, 1.54) is 23.5 Å². The fraction of sp³-hybridized carbons (Fsp3) is 0.481. The van der Waals surface area contributed by atoms with Crippen LogP contribution < -0.4 is 10.1 Å². The van der Waals surface area contributed by atoms with Crippen molar-refractivity contribution < 1.29 is 18.7 Å². The summed E-state index contributed by atoms with van der Waals surface area (Å²) in [6, 6.07) is 13.1. The zero-order chi connectivity index (χ0) is 23.8. The van der Waals surface area contributed by atoms with Gasteiger partial charge < -0.3 is 15.0 Å². The fourth-order valence-corrected chi connectivity index (χ4v) is 4.25. The quantitative estimate of drug-likeness (QED) is 0.567. The molecule has 0 aromatic heterocycles. The second kappa shape index (κ2) is 11.8. The van der Waals surface area contributed by atoms with Crippen molar-refractivity contribution in [3.8, 4) is 5.75 Å². The first kappa shape index (κ1) is 24.7. The molecule has 2 aromatic carbocycles. The third-order valence-corrected chi connectivity index (χ3v) is 6.28. The third kappa shape index (κ3) is 7.04. The average Bonchev–Trinajstić information content (AvgIpc) is 2.82. The van der Waals surface area contributed by atoms with E-state index in [1.54, 1.807) is 19.1 Å². The highest BCUT2D eigenvalue weighted by Crippen LogP contribution is 2.26. The van der Waals surface area contributed by atoms with Gasteiger partial charge in [0, 0.05) is 12.6 Å². The Hall–Kier alpha value is -2.89. The topological polar surface area (TPSA) is 58.6 Å². The van der Waals surface area contributed by atoms with Crippen LogP contribution in [0.5, 0.6) is 5.75 Å². The molecule has 0 unspecified atom stereocenters. The number of benzene rings is 2. The molecule has 6 heteroatoms. The van der Waals surface area contributed by atoms with Crippen molar-refractivity contribution in [3.05, 3.63) is 65.5 Å². The van der Waals surface area contributed by atoms with E-state index in [-0.39, 0.29) is 42.7 Å². The molecule has 0 saturated heterocycles. The van der Waals surface area contributed by atoms with Crippen LogP contribution in [0.25, 0.3) is 0 Å². The molecular formula is C27H35FN2O3. The zero-order valence-electron chi connectivity index (χ0n) is 19.9. The maximum atomic E-state index is 13.4. The first-order valence-corrected chi connectivity index (χ1v) is 11.9. The number of ether oxygens (including phenoxy) is 1.